The minimum absolute atomic E-state index is 0.0320. The topological polar surface area (TPSA) is 67.9 Å². The SMILES string of the molecule is CC1OC1C(=O)[C@H](C)NC(=O)OC(C)(C)C. The second kappa shape index (κ2) is 4.41. The number of hydrogen-bond donors (Lipinski definition) is 1. The van der Waals surface area contributed by atoms with Crippen molar-refractivity contribution >= 4 is 11.9 Å². The Labute approximate surface area is 95.5 Å². The van der Waals surface area contributed by atoms with Gasteiger partial charge in [0.1, 0.15) is 11.7 Å². The van der Waals surface area contributed by atoms with E-state index in [1.807, 2.05) is 6.92 Å². The molecule has 0 saturated carbocycles. The Balaban J connectivity index is 2.36. The van der Waals surface area contributed by atoms with Gasteiger partial charge in [0.25, 0.3) is 0 Å². The Morgan fingerprint density at radius 2 is 1.88 bits per heavy atom. The molecule has 1 amide bonds. The molecule has 1 heterocycles. The maximum atomic E-state index is 11.6. The lowest BCUT2D eigenvalue weighted by Gasteiger charge is -2.21. The van der Waals surface area contributed by atoms with Gasteiger partial charge in [0.15, 0.2) is 5.78 Å². The van der Waals surface area contributed by atoms with Crippen LogP contribution in [-0.2, 0) is 14.3 Å². The molecule has 92 valence electrons. The molecule has 0 aromatic carbocycles. The summed E-state index contributed by atoms with van der Waals surface area (Å²) in [5, 5.41) is 2.49. The van der Waals surface area contributed by atoms with Crippen molar-refractivity contribution in [2.45, 2.75) is 58.5 Å². The molecule has 1 rings (SSSR count). The van der Waals surface area contributed by atoms with Crippen LogP contribution in [0.15, 0.2) is 0 Å². The maximum Gasteiger partial charge on any atom is 0.408 e. The predicted molar refractivity (Wildman–Crippen MR) is 58.2 cm³/mol. The number of nitrogens with one attached hydrogen (secondary N) is 1. The van der Waals surface area contributed by atoms with Crippen LogP contribution in [0.25, 0.3) is 0 Å². The highest BCUT2D eigenvalue weighted by atomic mass is 16.6. The van der Waals surface area contributed by atoms with Gasteiger partial charge in [0.05, 0.1) is 12.1 Å². The smallest absolute Gasteiger partial charge is 0.408 e. The zero-order valence-corrected chi connectivity index (χ0v) is 10.4. The fourth-order valence-corrected chi connectivity index (χ4v) is 1.29. The second-order valence-corrected chi connectivity index (χ2v) is 5.03. The van der Waals surface area contributed by atoms with Crippen LogP contribution < -0.4 is 5.32 Å². The molecule has 0 bridgehead atoms. The Hall–Kier alpha value is -1.10. The summed E-state index contributed by atoms with van der Waals surface area (Å²) in [5.41, 5.74) is -0.559. The van der Waals surface area contributed by atoms with E-state index in [0.717, 1.165) is 0 Å². The summed E-state index contributed by atoms with van der Waals surface area (Å²) < 4.78 is 10.1. The van der Waals surface area contributed by atoms with Gasteiger partial charge in [0.2, 0.25) is 0 Å². The van der Waals surface area contributed by atoms with E-state index in [1.165, 1.54) is 0 Å². The molecular formula is C11H19NO4. The van der Waals surface area contributed by atoms with Crippen molar-refractivity contribution in [3.63, 3.8) is 0 Å². The van der Waals surface area contributed by atoms with E-state index in [1.54, 1.807) is 27.7 Å². The highest BCUT2D eigenvalue weighted by molar-refractivity contribution is 5.92. The van der Waals surface area contributed by atoms with Gasteiger partial charge in [-0.3, -0.25) is 4.79 Å². The lowest BCUT2D eigenvalue weighted by atomic mass is 10.1. The summed E-state index contributed by atoms with van der Waals surface area (Å²) in [7, 11) is 0. The van der Waals surface area contributed by atoms with Crippen molar-refractivity contribution in [1.82, 2.24) is 5.32 Å². The summed E-state index contributed by atoms with van der Waals surface area (Å²) in [6.45, 7) is 8.75. The largest absolute Gasteiger partial charge is 0.444 e. The average Bonchev–Trinajstić information content (AvgIpc) is 2.77. The van der Waals surface area contributed by atoms with Crippen molar-refractivity contribution in [1.29, 1.82) is 0 Å². The Morgan fingerprint density at radius 3 is 2.25 bits per heavy atom. The average molecular weight is 229 g/mol. The lowest BCUT2D eigenvalue weighted by Crippen LogP contribution is -2.43. The fourth-order valence-electron chi connectivity index (χ4n) is 1.29. The Morgan fingerprint density at radius 1 is 1.38 bits per heavy atom. The molecule has 3 atom stereocenters. The normalized spacial score (nSPS) is 25.8. The third-order valence-electron chi connectivity index (χ3n) is 2.15. The molecule has 16 heavy (non-hydrogen) atoms. The number of ether oxygens (including phenoxy) is 2. The summed E-state index contributed by atoms with van der Waals surface area (Å²) in [4.78, 5) is 23.0. The van der Waals surface area contributed by atoms with E-state index >= 15 is 0 Å². The number of ketones is 1. The zero-order valence-electron chi connectivity index (χ0n) is 10.4. The second-order valence-electron chi connectivity index (χ2n) is 5.03. The van der Waals surface area contributed by atoms with Crippen LogP contribution in [0.4, 0.5) is 4.79 Å². The van der Waals surface area contributed by atoms with Crippen LogP contribution in [0, 0.1) is 0 Å². The minimum atomic E-state index is -0.582. The molecule has 5 nitrogen and oxygen atoms in total. The highest BCUT2D eigenvalue weighted by Crippen LogP contribution is 2.23. The van der Waals surface area contributed by atoms with Gasteiger partial charge < -0.3 is 14.8 Å². The van der Waals surface area contributed by atoms with Crippen molar-refractivity contribution in [2.75, 3.05) is 0 Å². The zero-order chi connectivity index (χ0) is 12.5. The molecule has 1 fully saturated rings. The van der Waals surface area contributed by atoms with Crippen LogP contribution in [0.5, 0.6) is 0 Å². The van der Waals surface area contributed by atoms with Crippen LogP contribution in [0.3, 0.4) is 0 Å². The summed E-state index contributed by atoms with van der Waals surface area (Å²) in [5.74, 6) is -0.113. The van der Waals surface area contributed by atoms with Gasteiger partial charge in [-0.2, -0.15) is 0 Å². The van der Waals surface area contributed by atoms with E-state index in [2.05, 4.69) is 5.32 Å². The van der Waals surface area contributed by atoms with E-state index in [0.29, 0.717) is 0 Å². The first-order valence-corrected chi connectivity index (χ1v) is 5.39. The van der Waals surface area contributed by atoms with Gasteiger partial charge in [-0.1, -0.05) is 0 Å². The fraction of sp³-hybridized carbons (Fsp3) is 0.818. The molecule has 2 unspecified atom stereocenters. The molecule has 0 radical (unpaired) electrons. The molecule has 1 saturated heterocycles. The summed E-state index contributed by atoms with van der Waals surface area (Å²) in [6, 6.07) is -0.579. The van der Waals surface area contributed by atoms with Crippen LogP contribution in [0.1, 0.15) is 34.6 Å². The van der Waals surface area contributed by atoms with Crippen molar-refractivity contribution in [3.05, 3.63) is 0 Å². The minimum Gasteiger partial charge on any atom is -0.444 e. The van der Waals surface area contributed by atoms with E-state index < -0.39 is 17.7 Å². The molecule has 0 aliphatic carbocycles. The van der Waals surface area contributed by atoms with E-state index in [4.69, 9.17) is 9.47 Å². The third kappa shape index (κ3) is 3.81. The lowest BCUT2D eigenvalue weighted by molar-refractivity contribution is -0.121. The van der Waals surface area contributed by atoms with E-state index in [9.17, 15) is 9.59 Å². The quantitative estimate of drug-likeness (QED) is 0.740. The van der Waals surface area contributed by atoms with Crippen LogP contribution in [-0.4, -0.2) is 35.7 Å². The molecule has 5 heteroatoms. The van der Waals surface area contributed by atoms with Gasteiger partial charge >= 0.3 is 6.09 Å². The maximum absolute atomic E-state index is 11.6. The Bertz CT molecular complexity index is 295. The molecule has 1 N–H and O–H groups in total. The van der Waals surface area contributed by atoms with Gasteiger partial charge in [-0.25, -0.2) is 4.79 Å². The van der Waals surface area contributed by atoms with Crippen molar-refractivity contribution in [3.8, 4) is 0 Å². The molecule has 0 aromatic heterocycles. The first-order valence-electron chi connectivity index (χ1n) is 5.39. The Kier molecular flexibility index (Phi) is 3.57. The van der Waals surface area contributed by atoms with Crippen molar-refractivity contribution in [2.24, 2.45) is 0 Å². The highest BCUT2D eigenvalue weighted by Gasteiger charge is 2.43. The van der Waals surface area contributed by atoms with E-state index in [-0.39, 0.29) is 18.0 Å². The van der Waals surface area contributed by atoms with Crippen molar-refractivity contribution < 1.29 is 19.1 Å². The van der Waals surface area contributed by atoms with Gasteiger partial charge in [-0.15, -0.1) is 0 Å². The standard InChI is InChI=1S/C11H19NO4/c1-6(8(13)9-7(2)15-9)12-10(14)16-11(3,4)5/h6-7,9H,1-5H3,(H,12,14)/t6-,7?,9?/m0/s1. The predicted octanol–water partition coefficient (Wildman–Crippen LogP) is 1.26. The molecular weight excluding hydrogens is 210 g/mol. The molecule has 1 aliphatic rings. The summed E-state index contributed by atoms with van der Waals surface area (Å²) >= 11 is 0. The van der Waals surface area contributed by atoms with Crippen LogP contribution in [0.2, 0.25) is 0 Å². The number of rotatable bonds is 3. The summed E-state index contributed by atoms with van der Waals surface area (Å²) in [6.07, 6.45) is -0.984. The molecule has 1 aliphatic heterocycles. The number of Topliss-reactive ketones (excluding diaryl/α,β-unsaturated/α-hetero) is 1. The number of carbonyl (C=O) groups excluding carboxylic acids is 2. The molecule has 0 spiro atoms. The van der Waals surface area contributed by atoms with Crippen LogP contribution >= 0.6 is 0 Å². The number of alkyl carbamates (subject to hydrolysis) is 1. The van der Waals surface area contributed by atoms with Gasteiger partial charge in [0, 0.05) is 0 Å². The molecule has 0 aromatic rings. The first-order chi connectivity index (χ1) is 7.20. The number of hydrogen-bond acceptors (Lipinski definition) is 4. The number of amides is 1. The number of carbonyl (C=O) groups is 2. The number of epoxide rings is 1. The third-order valence-corrected chi connectivity index (χ3v) is 2.15. The van der Waals surface area contributed by atoms with Gasteiger partial charge in [-0.05, 0) is 34.6 Å². The monoisotopic (exact) mass is 229 g/mol. The first kappa shape index (κ1) is 13.0.